The van der Waals surface area contributed by atoms with Gasteiger partial charge >= 0.3 is 0 Å². The van der Waals surface area contributed by atoms with Crippen molar-refractivity contribution in [3.8, 4) is 17.1 Å². The number of hydrogen-bond donors (Lipinski definition) is 0. The van der Waals surface area contributed by atoms with Gasteiger partial charge in [-0.3, -0.25) is 9.59 Å². The quantitative estimate of drug-likeness (QED) is 0.330. The van der Waals surface area contributed by atoms with Crippen molar-refractivity contribution in [3.63, 3.8) is 0 Å². The number of tetrazole rings is 1. The van der Waals surface area contributed by atoms with E-state index in [1.807, 2.05) is 55.5 Å². The molecule has 0 saturated carbocycles. The van der Waals surface area contributed by atoms with Crippen molar-refractivity contribution in [3.05, 3.63) is 105 Å². The third kappa shape index (κ3) is 4.01. The fraction of sp³-hybridized carbons (Fsp3) is 0.0800. The Kier molecular flexibility index (Phi) is 5.43. The van der Waals surface area contributed by atoms with Gasteiger partial charge in [-0.15, -0.1) is 5.10 Å². The van der Waals surface area contributed by atoms with Gasteiger partial charge in [0.2, 0.25) is 0 Å². The van der Waals surface area contributed by atoms with Crippen LogP contribution in [0.2, 0.25) is 0 Å². The lowest BCUT2D eigenvalue weighted by atomic mass is 10.1. The molecule has 2 heterocycles. The first-order chi connectivity index (χ1) is 16.0. The molecule has 0 amide bonds. The van der Waals surface area contributed by atoms with E-state index in [2.05, 4.69) is 31.5 Å². The molecule has 162 valence electrons. The maximum atomic E-state index is 13.4. The summed E-state index contributed by atoms with van der Waals surface area (Å²) < 4.78 is 4.22. The number of benzene rings is 3. The second-order valence-electron chi connectivity index (χ2n) is 7.70. The maximum Gasteiger partial charge on any atom is 0.200 e. The summed E-state index contributed by atoms with van der Waals surface area (Å²) in [6.07, 6.45) is 1.66. The Bertz CT molecular complexity index is 1540. The van der Waals surface area contributed by atoms with Gasteiger partial charge in [-0.05, 0) is 53.7 Å². The Balaban J connectivity index is 1.65. The van der Waals surface area contributed by atoms with E-state index >= 15 is 0 Å². The van der Waals surface area contributed by atoms with Gasteiger partial charge in [-0.1, -0.05) is 57.9 Å². The van der Waals surface area contributed by atoms with Crippen LogP contribution in [0.3, 0.4) is 0 Å². The molecule has 0 aliphatic heterocycles. The second kappa shape index (κ2) is 8.55. The number of Topliss-reactive ketones (excluding diaryl/α,β-unsaturated/α-hetero) is 1. The highest BCUT2D eigenvalue weighted by Gasteiger charge is 2.19. The first kappa shape index (κ1) is 21.0. The van der Waals surface area contributed by atoms with Gasteiger partial charge in [0.25, 0.3) is 0 Å². The van der Waals surface area contributed by atoms with Gasteiger partial charge in [0, 0.05) is 21.6 Å². The zero-order chi connectivity index (χ0) is 22.9. The molecule has 0 aliphatic rings. The number of hydrogen-bond acceptors (Lipinski definition) is 5. The summed E-state index contributed by atoms with van der Waals surface area (Å²) >= 11 is 3.39. The molecule has 0 saturated heterocycles. The number of carbonyl (C=O) groups excluding carboxylic acids is 1. The van der Waals surface area contributed by atoms with E-state index < -0.39 is 0 Å². The predicted octanol–water partition coefficient (Wildman–Crippen LogP) is 4.60. The standard InChI is InChI=1S/C25H18BrN5O2/c1-16-6-12-19(13-7-16)31-25(27-28-29-31)21-14-30(22-5-3-2-4-20(22)24(21)33)15-23(32)17-8-10-18(26)11-9-17/h2-14H,15H2,1H3. The molecule has 5 aromatic rings. The highest BCUT2D eigenvalue weighted by molar-refractivity contribution is 9.10. The van der Waals surface area contributed by atoms with Crippen molar-refractivity contribution in [2.24, 2.45) is 0 Å². The number of ketones is 1. The number of aryl methyl sites for hydroxylation is 1. The van der Waals surface area contributed by atoms with Crippen molar-refractivity contribution >= 4 is 32.6 Å². The number of fused-ring (bicyclic) bond motifs is 1. The smallest absolute Gasteiger partial charge is 0.200 e. The van der Waals surface area contributed by atoms with Crippen LogP contribution in [0.15, 0.2) is 88.3 Å². The van der Waals surface area contributed by atoms with E-state index in [9.17, 15) is 9.59 Å². The molecule has 2 aromatic heterocycles. The first-order valence-corrected chi connectivity index (χ1v) is 11.1. The Hall–Kier alpha value is -3.91. The maximum absolute atomic E-state index is 13.4. The summed E-state index contributed by atoms with van der Waals surface area (Å²) in [5, 5.41) is 12.5. The molecule has 0 spiro atoms. The predicted molar refractivity (Wildman–Crippen MR) is 130 cm³/mol. The van der Waals surface area contributed by atoms with Crippen molar-refractivity contribution in [2.45, 2.75) is 13.5 Å². The Morgan fingerprint density at radius 2 is 1.70 bits per heavy atom. The SMILES string of the molecule is Cc1ccc(-n2nnnc2-c2cn(CC(=O)c3ccc(Br)cc3)c3ccccc3c2=O)cc1. The summed E-state index contributed by atoms with van der Waals surface area (Å²) in [7, 11) is 0. The molecule has 0 fully saturated rings. The summed E-state index contributed by atoms with van der Waals surface area (Å²) in [6, 6.07) is 22.1. The van der Waals surface area contributed by atoms with E-state index in [1.165, 1.54) is 4.68 Å². The number of halogens is 1. The van der Waals surface area contributed by atoms with Gasteiger partial charge < -0.3 is 4.57 Å². The summed E-state index contributed by atoms with van der Waals surface area (Å²) in [6.45, 7) is 2.07. The van der Waals surface area contributed by atoms with E-state index in [4.69, 9.17) is 0 Å². The molecule has 33 heavy (non-hydrogen) atoms. The van der Waals surface area contributed by atoms with Crippen LogP contribution in [0.4, 0.5) is 0 Å². The number of rotatable bonds is 5. The average molecular weight is 500 g/mol. The van der Waals surface area contributed by atoms with Crippen LogP contribution in [0.1, 0.15) is 15.9 Å². The lowest BCUT2D eigenvalue weighted by Gasteiger charge is -2.13. The molecular formula is C25H18BrN5O2. The minimum atomic E-state index is -0.193. The van der Waals surface area contributed by atoms with Crippen LogP contribution >= 0.6 is 15.9 Å². The third-order valence-electron chi connectivity index (χ3n) is 5.46. The Morgan fingerprint density at radius 3 is 2.45 bits per heavy atom. The summed E-state index contributed by atoms with van der Waals surface area (Å²) in [5.74, 6) is 0.250. The van der Waals surface area contributed by atoms with Crippen LogP contribution in [-0.2, 0) is 6.54 Å². The number of nitrogens with zero attached hydrogens (tertiary/aromatic N) is 5. The molecule has 0 radical (unpaired) electrons. The van der Waals surface area contributed by atoms with E-state index in [0.717, 1.165) is 15.7 Å². The van der Waals surface area contributed by atoms with Gasteiger partial charge in [0.15, 0.2) is 17.0 Å². The highest BCUT2D eigenvalue weighted by atomic mass is 79.9. The second-order valence-corrected chi connectivity index (χ2v) is 8.61. The number of para-hydroxylation sites is 1. The molecule has 5 rings (SSSR count). The van der Waals surface area contributed by atoms with Crippen molar-refractivity contribution in [1.82, 2.24) is 24.8 Å². The van der Waals surface area contributed by atoms with Crippen molar-refractivity contribution in [1.29, 1.82) is 0 Å². The van der Waals surface area contributed by atoms with E-state index in [0.29, 0.717) is 27.9 Å². The molecule has 0 atom stereocenters. The fourth-order valence-corrected chi connectivity index (χ4v) is 4.00. The van der Waals surface area contributed by atoms with E-state index in [1.54, 1.807) is 35.0 Å². The van der Waals surface area contributed by atoms with Crippen LogP contribution in [0, 0.1) is 6.92 Å². The van der Waals surface area contributed by atoms with Gasteiger partial charge in [-0.2, -0.15) is 4.68 Å². The zero-order valence-electron chi connectivity index (χ0n) is 17.6. The van der Waals surface area contributed by atoms with Gasteiger partial charge in [0.1, 0.15) is 0 Å². The van der Waals surface area contributed by atoms with Crippen LogP contribution in [0.25, 0.3) is 28.0 Å². The minimum absolute atomic E-state index is 0.0691. The van der Waals surface area contributed by atoms with Crippen LogP contribution < -0.4 is 5.43 Å². The molecular weight excluding hydrogens is 482 g/mol. The lowest BCUT2D eigenvalue weighted by Crippen LogP contribution is -2.18. The third-order valence-corrected chi connectivity index (χ3v) is 5.99. The molecule has 8 heteroatoms. The molecule has 0 unspecified atom stereocenters. The summed E-state index contributed by atoms with van der Waals surface area (Å²) in [4.78, 5) is 26.4. The Labute approximate surface area is 197 Å². The summed E-state index contributed by atoms with van der Waals surface area (Å²) in [5.41, 5.74) is 3.24. The molecule has 7 nitrogen and oxygen atoms in total. The monoisotopic (exact) mass is 499 g/mol. The molecule has 0 bridgehead atoms. The van der Waals surface area contributed by atoms with E-state index in [-0.39, 0.29) is 17.8 Å². The Morgan fingerprint density at radius 1 is 0.970 bits per heavy atom. The lowest BCUT2D eigenvalue weighted by molar-refractivity contribution is 0.0973. The topological polar surface area (TPSA) is 82.7 Å². The average Bonchev–Trinajstić information content (AvgIpc) is 3.31. The first-order valence-electron chi connectivity index (χ1n) is 10.3. The molecule has 0 N–H and O–H groups in total. The van der Waals surface area contributed by atoms with Crippen molar-refractivity contribution in [2.75, 3.05) is 0 Å². The molecule has 0 aliphatic carbocycles. The largest absolute Gasteiger partial charge is 0.339 e. The number of pyridine rings is 1. The van der Waals surface area contributed by atoms with Gasteiger partial charge in [0.05, 0.1) is 23.3 Å². The highest BCUT2D eigenvalue weighted by Crippen LogP contribution is 2.21. The normalized spacial score (nSPS) is 11.1. The fourth-order valence-electron chi connectivity index (χ4n) is 3.73. The van der Waals surface area contributed by atoms with Gasteiger partial charge in [-0.25, -0.2) is 0 Å². The zero-order valence-corrected chi connectivity index (χ0v) is 19.2. The molecule has 3 aromatic carbocycles. The number of carbonyl (C=O) groups is 1. The van der Waals surface area contributed by atoms with Crippen molar-refractivity contribution < 1.29 is 4.79 Å². The number of aromatic nitrogens is 5. The minimum Gasteiger partial charge on any atom is -0.339 e. The van der Waals surface area contributed by atoms with Crippen LogP contribution in [0.5, 0.6) is 0 Å². The van der Waals surface area contributed by atoms with Crippen LogP contribution in [-0.4, -0.2) is 30.6 Å².